The molecule has 0 saturated heterocycles. The summed E-state index contributed by atoms with van der Waals surface area (Å²) in [6.45, 7) is -0.00388. The predicted molar refractivity (Wildman–Crippen MR) is 67.6 cm³/mol. The molecule has 2 aliphatic carbocycles. The van der Waals surface area contributed by atoms with Crippen molar-refractivity contribution in [2.75, 3.05) is 13.2 Å². The molecule has 2 bridgehead atoms. The average molecular weight is 282 g/mol. The van der Waals surface area contributed by atoms with E-state index in [-0.39, 0.29) is 37.9 Å². The van der Waals surface area contributed by atoms with Gasteiger partial charge in [-0.1, -0.05) is 12.2 Å². The van der Waals surface area contributed by atoms with Crippen LogP contribution in [0.3, 0.4) is 0 Å². The molecular weight excluding hydrogens is 264 g/mol. The largest absolute Gasteiger partial charge is 0.481 e. The van der Waals surface area contributed by atoms with E-state index in [1.807, 2.05) is 0 Å². The Balaban J connectivity index is 1.57. The first-order chi connectivity index (χ1) is 9.56. The second-order valence-electron chi connectivity index (χ2n) is 5.17. The maximum Gasteiger partial charge on any atom is 0.309 e. The summed E-state index contributed by atoms with van der Waals surface area (Å²) < 4.78 is 9.86. The fourth-order valence-electron chi connectivity index (χ4n) is 2.74. The summed E-state index contributed by atoms with van der Waals surface area (Å²) >= 11 is 0. The summed E-state index contributed by atoms with van der Waals surface area (Å²) in [7, 11) is 0. The van der Waals surface area contributed by atoms with Gasteiger partial charge in [0.25, 0.3) is 0 Å². The van der Waals surface area contributed by atoms with Gasteiger partial charge in [-0.25, -0.2) is 0 Å². The summed E-state index contributed by atoms with van der Waals surface area (Å²) in [6.07, 6.45) is 5.68. The van der Waals surface area contributed by atoms with E-state index in [1.165, 1.54) is 0 Å². The van der Waals surface area contributed by atoms with Crippen LogP contribution in [0.15, 0.2) is 12.2 Å². The normalized spacial score (nSPS) is 26.5. The van der Waals surface area contributed by atoms with Gasteiger partial charge in [0.1, 0.15) is 13.2 Å². The Morgan fingerprint density at radius 3 is 2.40 bits per heavy atom. The quantitative estimate of drug-likeness (QED) is 0.428. The Hall–Kier alpha value is -1.85. The molecule has 0 spiro atoms. The first kappa shape index (κ1) is 14.6. The summed E-state index contributed by atoms with van der Waals surface area (Å²) in [4.78, 5) is 33.2. The lowest BCUT2D eigenvalue weighted by atomic mass is 9.94. The van der Waals surface area contributed by atoms with Crippen molar-refractivity contribution in [2.45, 2.75) is 25.7 Å². The Morgan fingerprint density at radius 2 is 1.80 bits per heavy atom. The molecule has 110 valence electrons. The van der Waals surface area contributed by atoms with Crippen LogP contribution in [-0.2, 0) is 23.9 Å². The smallest absolute Gasteiger partial charge is 0.309 e. The molecule has 0 aromatic carbocycles. The molecular formula is C14H18O6. The highest BCUT2D eigenvalue weighted by atomic mass is 16.6. The van der Waals surface area contributed by atoms with Crippen molar-refractivity contribution in [3.8, 4) is 0 Å². The molecule has 2 aliphatic rings. The zero-order valence-corrected chi connectivity index (χ0v) is 11.1. The summed E-state index contributed by atoms with van der Waals surface area (Å²) in [5.41, 5.74) is 0. The van der Waals surface area contributed by atoms with E-state index in [0.29, 0.717) is 11.8 Å². The molecule has 20 heavy (non-hydrogen) atoms. The van der Waals surface area contributed by atoms with Crippen LogP contribution in [0.25, 0.3) is 0 Å². The number of hydrogen-bond donors (Lipinski definition) is 1. The average Bonchev–Trinajstić information content (AvgIpc) is 3.03. The predicted octanol–water partition coefficient (Wildman–Crippen LogP) is 1.15. The fourth-order valence-corrected chi connectivity index (χ4v) is 2.74. The Kier molecular flexibility index (Phi) is 4.76. The highest BCUT2D eigenvalue weighted by Crippen LogP contribution is 2.43. The Morgan fingerprint density at radius 1 is 1.05 bits per heavy atom. The lowest BCUT2D eigenvalue weighted by Gasteiger charge is -2.16. The molecule has 0 amide bonds. The first-order valence-corrected chi connectivity index (χ1v) is 6.78. The minimum Gasteiger partial charge on any atom is -0.481 e. The number of hydrogen-bond acceptors (Lipinski definition) is 5. The monoisotopic (exact) mass is 282 g/mol. The Bertz CT molecular complexity index is 427. The van der Waals surface area contributed by atoms with Crippen molar-refractivity contribution < 1.29 is 29.0 Å². The first-order valence-electron chi connectivity index (χ1n) is 6.78. The fraction of sp³-hybridized carbons (Fsp3) is 0.643. The number of carboxylic acids is 1. The molecule has 3 unspecified atom stereocenters. The second-order valence-corrected chi connectivity index (χ2v) is 5.17. The van der Waals surface area contributed by atoms with Crippen LogP contribution in [0.4, 0.5) is 0 Å². The third-order valence-corrected chi connectivity index (χ3v) is 3.72. The lowest BCUT2D eigenvalue weighted by Crippen LogP contribution is -2.23. The molecule has 6 heteroatoms. The highest BCUT2D eigenvalue weighted by molar-refractivity contribution is 5.76. The van der Waals surface area contributed by atoms with E-state index in [9.17, 15) is 14.4 Å². The number of carboxylic acid groups (broad SMARTS) is 1. The van der Waals surface area contributed by atoms with E-state index in [2.05, 4.69) is 12.2 Å². The SMILES string of the molecule is O=C(O)CCC(=O)OCCOC(=O)C1CC2C=CC1C2. The molecule has 1 saturated carbocycles. The van der Waals surface area contributed by atoms with Crippen LogP contribution in [0.1, 0.15) is 25.7 Å². The number of ether oxygens (including phenoxy) is 2. The molecule has 0 radical (unpaired) electrons. The number of aliphatic carboxylic acids is 1. The highest BCUT2D eigenvalue weighted by Gasteiger charge is 2.40. The zero-order valence-electron chi connectivity index (χ0n) is 11.1. The van der Waals surface area contributed by atoms with Gasteiger partial charge in [0, 0.05) is 0 Å². The van der Waals surface area contributed by atoms with E-state index in [1.54, 1.807) is 0 Å². The van der Waals surface area contributed by atoms with Gasteiger partial charge in [0.2, 0.25) is 0 Å². The van der Waals surface area contributed by atoms with Gasteiger partial charge < -0.3 is 14.6 Å². The van der Waals surface area contributed by atoms with Gasteiger partial charge in [-0.05, 0) is 24.7 Å². The van der Waals surface area contributed by atoms with Crippen molar-refractivity contribution >= 4 is 17.9 Å². The van der Waals surface area contributed by atoms with Crippen LogP contribution in [0.2, 0.25) is 0 Å². The van der Waals surface area contributed by atoms with E-state index in [0.717, 1.165) is 12.8 Å². The van der Waals surface area contributed by atoms with Crippen molar-refractivity contribution in [1.29, 1.82) is 0 Å². The molecule has 1 fully saturated rings. The third kappa shape index (κ3) is 3.82. The van der Waals surface area contributed by atoms with Gasteiger partial charge in [0.15, 0.2) is 0 Å². The summed E-state index contributed by atoms with van der Waals surface area (Å²) in [5, 5.41) is 8.40. The van der Waals surface area contributed by atoms with Crippen LogP contribution < -0.4 is 0 Å². The Labute approximate surface area is 116 Å². The van der Waals surface area contributed by atoms with Gasteiger partial charge in [-0.15, -0.1) is 0 Å². The number of esters is 2. The van der Waals surface area contributed by atoms with Crippen LogP contribution in [0, 0.1) is 17.8 Å². The van der Waals surface area contributed by atoms with Crippen LogP contribution >= 0.6 is 0 Å². The van der Waals surface area contributed by atoms with Crippen molar-refractivity contribution in [2.24, 2.45) is 17.8 Å². The number of rotatable bonds is 7. The molecule has 0 aromatic rings. The zero-order chi connectivity index (χ0) is 14.5. The van der Waals surface area contributed by atoms with Crippen molar-refractivity contribution in [3.63, 3.8) is 0 Å². The minimum atomic E-state index is -1.04. The number of carbonyl (C=O) groups is 3. The van der Waals surface area contributed by atoms with Gasteiger partial charge >= 0.3 is 17.9 Å². The van der Waals surface area contributed by atoms with Gasteiger partial charge in [-0.2, -0.15) is 0 Å². The van der Waals surface area contributed by atoms with Gasteiger partial charge in [0.05, 0.1) is 18.8 Å². The number of fused-ring (bicyclic) bond motifs is 2. The molecule has 2 rings (SSSR count). The van der Waals surface area contributed by atoms with E-state index in [4.69, 9.17) is 14.6 Å². The van der Waals surface area contributed by atoms with Crippen molar-refractivity contribution in [1.82, 2.24) is 0 Å². The molecule has 6 nitrogen and oxygen atoms in total. The second kappa shape index (κ2) is 6.54. The maximum absolute atomic E-state index is 11.8. The topological polar surface area (TPSA) is 89.9 Å². The maximum atomic E-state index is 11.8. The van der Waals surface area contributed by atoms with Crippen LogP contribution in [0.5, 0.6) is 0 Å². The van der Waals surface area contributed by atoms with Crippen molar-refractivity contribution in [3.05, 3.63) is 12.2 Å². The molecule has 0 aliphatic heterocycles. The van der Waals surface area contributed by atoms with E-state index < -0.39 is 11.9 Å². The summed E-state index contributed by atoms with van der Waals surface area (Å²) in [6, 6.07) is 0. The summed E-state index contributed by atoms with van der Waals surface area (Å²) in [5.74, 6) is -1.13. The van der Waals surface area contributed by atoms with E-state index >= 15 is 0 Å². The minimum absolute atomic E-state index is 0.0231. The van der Waals surface area contributed by atoms with Gasteiger partial charge in [-0.3, -0.25) is 14.4 Å². The number of carbonyl (C=O) groups excluding carboxylic acids is 2. The molecule has 0 aromatic heterocycles. The molecule has 1 N–H and O–H groups in total. The molecule has 0 heterocycles. The standard InChI is InChI=1S/C14H18O6/c15-12(16)3-4-13(17)19-5-6-20-14(18)11-8-9-1-2-10(11)7-9/h1-2,9-11H,3-8H2,(H,15,16). The molecule has 3 atom stereocenters. The lowest BCUT2D eigenvalue weighted by molar-refractivity contribution is -0.156. The van der Waals surface area contributed by atoms with Crippen LogP contribution in [-0.4, -0.2) is 36.2 Å². The third-order valence-electron chi connectivity index (χ3n) is 3.72. The number of allylic oxidation sites excluding steroid dienone is 2.